The van der Waals surface area contributed by atoms with Crippen molar-refractivity contribution < 1.29 is 106 Å². The molecule has 2 aliphatic carbocycles. The predicted octanol–water partition coefficient (Wildman–Crippen LogP) is 1.52. The van der Waals surface area contributed by atoms with Crippen LogP contribution in [0.2, 0.25) is 0 Å². The largest absolute Gasteiger partial charge is 0.381 e. The van der Waals surface area contributed by atoms with E-state index >= 15 is 0 Å². The first-order valence-electron chi connectivity index (χ1n) is 43.4. The summed E-state index contributed by atoms with van der Waals surface area (Å²) in [5.74, 6) is -9.53. The van der Waals surface area contributed by atoms with Gasteiger partial charge in [-0.2, -0.15) is 0 Å². The number of rotatable bonds is 48. The second-order valence-electron chi connectivity index (χ2n) is 33.8. The number of ketones is 5. The first-order valence-corrected chi connectivity index (χ1v) is 47.4. The highest BCUT2D eigenvalue weighted by molar-refractivity contribution is 8.21. The highest BCUT2D eigenvalue weighted by Gasteiger charge is 2.56. The Morgan fingerprint density at radius 2 is 0.734 bits per heavy atom. The Balaban J connectivity index is 0.000000440. The maximum Gasteiger partial charge on any atom is 0.289 e. The lowest BCUT2D eigenvalue weighted by Crippen LogP contribution is -2.62. The van der Waals surface area contributed by atoms with Crippen LogP contribution in [0, 0.1) is 23.7 Å². The first kappa shape index (κ1) is 106. The molecule has 2 saturated carbocycles. The van der Waals surface area contributed by atoms with Gasteiger partial charge in [0.05, 0.1) is 33.3 Å². The molecule has 2 spiro atoms. The average Bonchev–Trinajstić information content (AvgIpc) is 1.61. The number of amides is 14. The smallest absolute Gasteiger partial charge is 0.289 e. The van der Waals surface area contributed by atoms with Crippen LogP contribution in [0.15, 0.2) is 0 Å². The molecule has 40 heteroatoms. The van der Waals surface area contributed by atoms with E-state index in [1.807, 2.05) is 6.92 Å². The van der Waals surface area contributed by atoms with E-state index in [2.05, 4.69) is 63.8 Å². The molecule has 0 radical (unpaired) electrons. The van der Waals surface area contributed by atoms with Crippen LogP contribution in [0.5, 0.6) is 0 Å². The molecule has 4 saturated heterocycles. The SMILES string of the molecule is CCCC(NC(=O)[C@@H]1CC2(CN1C(=O)C(NC(=O)C(NC(=O)C(CCC(C)=O)NC(=O)C(CCC(C)=O)NC(C)=O)C(C)C)C1CCCCC1)SCCS2)C(=O)C(=O)NCC=O.CCCC(NC(=O)[C@@H]1CC2(CN1C(=O)C(NC(=O)C(NC(=O)C(CCC(C)=O)NC(=O)C(CCC(C)=O)NC(C)=O)C(C)C)C1CCCCC1)SCCS2)C(O)C(=O)NCC=O. The van der Waals surface area contributed by atoms with Crippen LogP contribution in [0.3, 0.4) is 0 Å². The van der Waals surface area contributed by atoms with Gasteiger partial charge in [-0.1, -0.05) is 92.9 Å². The van der Waals surface area contributed by atoms with Crippen LogP contribution >= 0.6 is 47.0 Å². The summed E-state index contributed by atoms with van der Waals surface area (Å²) in [4.78, 5) is 276. The minimum Gasteiger partial charge on any atom is -0.381 e. The van der Waals surface area contributed by atoms with Crippen LogP contribution in [-0.4, -0.2) is 275 Å². The van der Waals surface area contributed by atoms with Crippen molar-refractivity contribution in [3.8, 4) is 0 Å². The van der Waals surface area contributed by atoms with E-state index in [0.717, 1.165) is 61.5 Å². The number of nitrogens with one attached hydrogen (secondary N) is 12. The third kappa shape index (κ3) is 33.4. The number of thioether (sulfide) groups is 4. The number of aliphatic hydroxyl groups excluding tert-OH is 1. The van der Waals surface area contributed by atoms with Gasteiger partial charge < -0.3 is 107 Å². The first-order chi connectivity index (χ1) is 58.6. The molecule has 0 aromatic heterocycles. The lowest BCUT2D eigenvalue weighted by Gasteiger charge is -2.36. The lowest BCUT2D eigenvalue weighted by molar-refractivity contribution is -0.145. The monoisotopic (exact) mass is 1820 g/mol. The fourth-order valence-corrected chi connectivity index (χ4v) is 22.7. The van der Waals surface area contributed by atoms with E-state index in [4.69, 9.17) is 0 Å². The number of carbonyl (C=O) groups is 21. The van der Waals surface area contributed by atoms with E-state index in [9.17, 15) is 106 Å². The second-order valence-corrected chi connectivity index (χ2v) is 40.2. The quantitative estimate of drug-likeness (QED) is 0.0303. The number of carbonyl (C=O) groups excluding carboxylic acids is 21. The number of nitrogens with zero attached hydrogens (tertiary/aromatic N) is 2. The van der Waals surface area contributed by atoms with Crippen molar-refractivity contribution in [1.82, 2.24) is 73.6 Å². The van der Waals surface area contributed by atoms with Gasteiger partial charge >= 0.3 is 0 Å². The van der Waals surface area contributed by atoms with E-state index in [-0.39, 0.29) is 132 Å². The van der Waals surface area contributed by atoms with Crippen molar-refractivity contribution in [3.05, 3.63) is 0 Å². The molecule has 0 bridgehead atoms. The van der Waals surface area contributed by atoms with Gasteiger partial charge in [-0.3, -0.25) is 71.9 Å². The van der Waals surface area contributed by atoms with E-state index < -0.39 is 187 Å². The van der Waals surface area contributed by atoms with Crippen molar-refractivity contribution in [2.45, 2.75) is 324 Å². The predicted molar refractivity (Wildman–Crippen MR) is 468 cm³/mol. The molecule has 6 aliphatic rings. The van der Waals surface area contributed by atoms with Crippen LogP contribution in [-0.2, 0) is 101 Å². The molecule has 124 heavy (non-hydrogen) atoms. The third-order valence-electron chi connectivity index (χ3n) is 22.8. The number of aliphatic hydroxyl groups is 1. The van der Waals surface area contributed by atoms with Crippen molar-refractivity contribution in [2.24, 2.45) is 23.7 Å². The standard InChI is InChI=1S/C42H67N7O11S2.C42H65N7O11S2/c2*1-7-11-29(35(54)40(59)43-18-19-50)45-38(57)32-22-42(61-20-21-62-42)23-49(32)41(60)34(28-12-9-8-10-13-28)48-39(58)33(24(2)3)47-37(56)31(17-15-26(5)52)46-36(55)30(44-27(6)53)16-14-25(4)51/h19,24,28-35,54H,7-18,20-23H2,1-6H3,(H,43,59)(H,44,53)(H,45,57)(H,46,55)(H,47,56)(H,48,58);19,24,28-34H,7-18,20-23H2,1-6H3,(H,43,59)(H,44,53)(H,45,57)(H,46,55)(H,47,56)(H,48,58)/t29?,30?,31?,32-,33?,34?,35?;29?,30?,31?,32-,33?,34?/m00/s1. The Hall–Kier alpha value is -8.37. The van der Waals surface area contributed by atoms with Crippen molar-refractivity contribution in [3.63, 3.8) is 0 Å². The number of hydrogen-bond acceptors (Lipinski definition) is 26. The second kappa shape index (κ2) is 52.7. The summed E-state index contributed by atoms with van der Waals surface area (Å²) in [6.45, 7) is 18.0. The van der Waals surface area contributed by atoms with Crippen LogP contribution in [0.1, 0.15) is 237 Å². The molecular formula is C84H132N14O22S4. The van der Waals surface area contributed by atoms with Crippen LogP contribution in [0.4, 0.5) is 0 Å². The molecule has 36 nitrogen and oxygen atoms in total. The molecule has 0 aromatic carbocycles. The van der Waals surface area contributed by atoms with Crippen LogP contribution < -0.4 is 63.8 Å². The summed E-state index contributed by atoms with van der Waals surface area (Å²) in [5, 5.41) is 42.5. The highest BCUT2D eigenvalue weighted by atomic mass is 32.2. The van der Waals surface area contributed by atoms with Crippen LogP contribution in [0.25, 0.3) is 0 Å². The summed E-state index contributed by atoms with van der Waals surface area (Å²) in [6.07, 6.45) is 8.40. The Morgan fingerprint density at radius 3 is 1.06 bits per heavy atom. The molecular weight excluding hydrogens is 1690 g/mol. The maximum absolute atomic E-state index is 15.0. The van der Waals surface area contributed by atoms with Gasteiger partial charge in [-0.25, -0.2) is 0 Å². The summed E-state index contributed by atoms with van der Waals surface area (Å²) in [6, 6.07) is -13.6. The van der Waals surface area contributed by atoms with Gasteiger partial charge in [0.1, 0.15) is 96.1 Å². The molecule has 14 amide bonds. The van der Waals surface area contributed by atoms with Gasteiger partial charge in [0.2, 0.25) is 76.7 Å². The van der Waals surface area contributed by atoms with E-state index in [0.29, 0.717) is 57.5 Å². The molecule has 6 rings (SSSR count). The van der Waals surface area contributed by atoms with Gasteiger partial charge in [0.15, 0.2) is 6.10 Å². The van der Waals surface area contributed by atoms with Crippen molar-refractivity contribution >= 4 is 171 Å². The summed E-state index contributed by atoms with van der Waals surface area (Å²) in [7, 11) is 0. The minimum absolute atomic E-state index is 0.00863. The fraction of sp³-hybridized carbons (Fsp3) is 0.750. The van der Waals surface area contributed by atoms with Gasteiger partial charge in [-0.15, -0.1) is 47.0 Å². The Morgan fingerprint density at radius 1 is 0.395 bits per heavy atom. The molecule has 0 aromatic rings. The molecule has 13 N–H and O–H groups in total. The minimum atomic E-state index is -1.65. The Kier molecular flexibility index (Phi) is 45.1. The number of likely N-dealkylation sites (tertiary alicyclic amines) is 2. The molecule has 4 aliphatic heterocycles. The fourth-order valence-electron chi connectivity index (χ4n) is 16.2. The zero-order chi connectivity index (χ0) is 92.3. The topological polar surface area (TPSA) is 530 Å². The van der Waals surface area contributed by atoms with Crippen molar-refractivity contribution in [1.29, 1.82) is 0 Å². The molecule has 11 unspecified atom stereocenters. The summed E-state index contributed by atoms with van der Waals surface area (Å²) < 4.78 is -0.999. The number of Topliss-reactive ketones (excluding diaryl/α,β-unsaturated/α-hetero) is 5. The average molecular weight is 1820 g/mol. The van der Waals surface area contributed by atoms with E-state index in [1.54, 1.807) is 81.7 Å². The molecule has 694 valence electrons. The number of aldehydes is 2. The molecule has 4 heterocycles. The van der Waals surface area contributed by atoms with Gasteiger partial charge in [-0.05, 0) is 116 Å². The number of hydrogen-bond donors (Lipinski definition) is 13. The molecule has 6 fully saturated rings. The Bertz CT molecular complexity index is 3790. The maximum atomic E-state index is 15.0. The Labute approximate surface area is 743 Å². The van der Waals surface area contributed by atoms with Gasteiger partial charge in [0, 0.05) is 88.5 Å². The zero-order valence-electron chi connectivity index (χ0n) is 73.6. The van der Waals surface area contributed by atoms with Gasteiger partial charge in [0.25, 0.3) is 11.8 Å². The van der Waals surface area contributed by atoms with Crippen molar-refractivity contribution in [2.75, 3.05) is 49.2 Å². The summed E-state index contributed by atoms with van der Waals surface area (Å²) >= 11 is 6.62. The highest BCUT2D eigenvalue weighted by Crippen LogP contribution is 2.53. The third-order valence-corrected chi connectivity index (χ3v) is 29.6. The zero-order valence-corrected chi connectivity index (χ0v) is 76.9. The normalized spacial score (nSPS) is 19.9. The lowest BCUT2D eigenvalue weighted by atomic mass is 9.83. The summed E-state index contributed by atoms with van der Waals surface area (Å²) in [5.41, 5.74) is 0. The molecule has 13 atom stereocenters. The van der Waals surface area contributed by atoms with E-state index in [1.165, 1.54) is 51.3 Å².